The van der Waals surface area contributed by atoms with Crippen LogP contribution in [0.25, 0.3) is 0 Å². The molecule has 0 saturated carbocycles. The van der Waals surface area contributed by atoms with Crippen molar-refractivity contribution in [1.82, 2.24) is 10.3 Å². The summed E-state index contributed by atoms with van der Waals surface area (Å²) in [6.45, 7) is 10.7. The Morgan fingerprint density at radius 2 is 2.14 bits per heavy atom. The van der Waals surface area contributed by atoms with Crippen molar-refractivity contribution in [1.29, 1.82) is 0 Å². The number of halogens is 1. The van der Waals surface area contributed by atoms with E-state index in [1.54, 1.807) is 6.20 Å². The number of rotatable bonds is 4. The van der Waals surface area contributed by atoms with Gasteiger partial charge >= 0.3 is 0 Å². The second-order valence-corrected chi connectivity index (χ2v) is 7.40. The summed E-state index contributed by atoms with van der Waals surface area (Å²) in [6.07, 6.45) is 6.85. The normalized spacial score (nSPS) is 19.9. The summed E-state index contributed by atoms with van der Waals surface area (Å²) in [6, 6.07) is 2.78. The van der Waals surface area contributed by atoms with Crippen LogP contribution in [0.15, 0.2) is 12.3 Å². The van der Waals surface area contributed by atoms with Crippen LogP contribution in [0.5, 0.6) is 0 Å². The molecule has 0 aromatic carbocycles. The van der Waals surface area contributed by atoms with Crippen molar-refractivity contribution in [2.45, 2.75) is 71.5 Å². The monoisotopic (exact) mass is 309 g/mol. The molecule has 1 fully saturated rings. The van der Waals surface area contributed by atoms with E-state index in [9.17, 15) is 0 Å². The molecule has 0 amide bonds. The SMILES string of the molecule is CCC1CCCCN1c1cc(CNC(C)(C)C)c(Cl)cn1. The lowest BCUT2D eigenvalue weighted by atomic mass is 10.00. The Balaban J connectivity index is 2.17. The van der Waals surface area contributed by atoms with Gasteiger partial charge in [-0.25, -0.2) is 4.98 Å². The maximum absolute atomic E-state index is 6.31. The first-order valence-corrected chi connectivity index (χ1v) is 8.44. The van der Waals surface area contributed by atoms with E-state index in [-0.39, 0.29) is 5.54 Å². The standard InChI is InChI=1S/C17H28ClN3/c1-5-14-8-6-7-9-21(14)16-10-13(15(18)12-19-16)11-20-17(2,3)4/h10,12,14,20H,5-9,11H2,1-4H3. The van der Waals surface area contributed by atoms with Gasteiger partial charge in [0, 0.05) is 30.9 Å². The van der Waals surface area contributed by atoms with E-state index in [1.165, 1.54) is 25.7 Å². The lowest BCUT2D eigenvalue weighted by molar-refractivity contribution is 0.423. The molecule has 0 bridgehead atoms. The highest BCUT2D eigenvalue weighted by Crippen LogP contribution is 2.27. The van der Waals surface area contributed by atoms with Crippen molar-refractivity contribution < 1.29 is 0 Å². The van der Waals surface area contributed by atoms with Crippen LogP contribution in [0, 0.1) is 0 Å². The van der Waals surface area contributed by atoms with Crippen molar-refractivity contribution >= 4 is 17.4 Å². The average Bonchev–Trinajstić information content (AvgIpc) is 2.45. The summed E-state index contributed by atoms with van der Waals surface area (Å²) in [4.78, 5) is 7.03. The van der Waals surface area contributed by atoms with E-state index in [0.717, 1.165) is 29.5 Å². The smallest absolute Gasteiger partial charge is 0.129 e. The van der Waals surface area contributed by atoms with E-state index < -0.39 is 0 Å². The molecule has 1 unspecified atom stereocenters. The van der Waals surface area contributed by atoms with E-state index in [1.807, 2.05) is 0 Å². The van der Waals surface area contributed by atoms with Gasteiger partial charge < -0.3 is 10.2 Å². The molecule has 0 spiro atoms. The zero-order chi connectivity index (χ0) is 15.5. The van der Waals surface area contributed by atoms with Gasteiger partial charge in [0.25, 0.3) is 0 Å². The quantitative estimate of drug-likeness (QED) is 0.894. The average molecular weight is 310 g/mol. The highest BCUT2D eigenvalue weighted by atomic mass is 35.5. The van der Waals surface area contributed by atoms with E-state index in [0.29, 0.717) is 6.04 Å². The van der Waals surface area contributed by atoms with Crippen LogP contribution in [0.4, 0.5) is 5.82 Å². The zero-order valence-corrected chi connectivity index (χ0v) is 14.5. The number of hydrogen-bond donors (Lipinski definition) is 1. The van der Waals surface area contributed by atoms with Crippen LogP contribution in [0.3, 0.4) is 0 Å². The molecule has 1 aromatic rings. The van der Waals surface area contributed by atoms with Gasteiger partial charge in [-0.2, -0.15) is 0 Å². The van der Waals surface area contributed by atoms with Gasteiger partial charge in [0.2, 0.25) is 0 Å². The van der Waals surface area contributed by atoms with E-state index in [2.05, 4.69) is 49.0 Å². The Bertz CT molecular complexity index is 468. The summed E-state index contributed by atoms with van der Waals surface area (Å²) in [5.74, 6) is 1.08. The molecule has 21 heavy (non-hydrogen) atoms. The van der Waals surface area contributed by atoms with Crippen LogP contribution in [-0.4, -0.2) is 23.1 Å². The van der Waals surface area contributed by atoms with E-state index in [4.69, 9.17) is 11.6 Å². The summed E-state index contributed by atoms with van der Waals surface area (Å²) in [7, 11) is 0. The molecule has 1 saturated heterocycles. The van der Waals surface area contributed by atoms with Crippen LogP contribution >= 0.6 is 11.6 Å². The Hall–Kier alpha value is -0.800. The number of hydrogen-bond acceptors (Lipinski definition) is 3. The molecular weight excluding hydrogens is 282 g/mol. The van der Waals surface area contributed by atoms with Crippen molar-refractivity contribution in [3.63, 3.8) is 0 Å². The molecule has 4 heteroatoms. The third kappa shape index (κ3) is 4.58. The maximum atomic E-state index is 6.31. The number of anilines is 1. The summed E-state index contributed by atoms with van der Waals surface area (Å²) >= 11 is 6.31. The van der Waals surface area contributed by atoms with Gasteiger partial charge in [0.1, 0.15) is 5.82 Å². The van der Waals surface area contributed by atoms with Gasteiger partial charge in [-0.05, 0) is 58.1 Å². The lowest BCUT2D eigenvalue weighted by Gasteiger charge is -2.36. The van der Waals surface area contributed by atoms with Crippen molar-refractivity contribution in [2.75, 3.05) is 11.4 Å². The van der Waals surface area contributed by atoms with Gasteiger partial charge in [0.05, 0.1) is 5.02 Å². The molecule has 0 radical (unpaired) electrons. The molecule has 0 aliphatic carbocycles. The minimum atomic E-state index is 0.0871. The molecule has 118 valence electrons. The number of nitrogens with one attached hydrogen (secondary N) is 1. The van der Waals surface area contributed by atoms with Gasteiger partial charge in [-0.1, -0.05) is 18.5 Å². The van der Waals surface area contributed by atoms with E-state index >= 15 is 0 Å². The van der Waals surface area contributed by atoms with Crippen LogP contribution in [-0.2, 0) is 6.54 Å². The second kappa shape index (κ2) is 6.97. The summed E-state index contributed by atoms with van der Waals surface area (Å²) in [5.41, 5.74) is 1.22. The predicted octanol–water partition coefficient (Wildman–Crippen LogP) is 4.39. The van der Waals surface area contributed by atoms with Crippen LogP contribution < -0.4 is 10.2 Å². The Labute approximate surface area is 134 Å². The molecule has 1 atom stereocenters. The first-order valence-electron chi connectivity index (χ1n) is 8.07. The fourth-order valence-corrected chi connectivity index (χ4v) is 3.02. The summed E-state index contributed by atoms with van der Waals surface area (Å²) in [5, 5.41) is 4.25. The second-order valence-electron chi connectivity index (χ2n) is 6.99. The minimum Gasteiger partial charge on any atom is -0.354 e. The maximum Gasteiger partial charge on any atom is 0.129 e. The third-order valence-electron chi connectivity index (χ3n) is 4.12. The molecule has 3 nitrogen and oxygen atoms in total. The largest absolute Gasteiger partial charge is 0.354 e. The molecule has 1 aromatic heterocycles. The van der Waals surface area contributed by atoms with Crippen molar-refractivity contribution in [2.24, 2.45) is 0 Å². The Morgan fingerprint density at radius 1 is 1.38 bits per heavy atom. The van der Waals surface area contributed by atoms with Crippen LogP contribution in [0.2, 0.25) is 5.02 Å². The topological polar surface area (TPSA) is 28.2 Å². The van der Waals surface area contributed by atoms with Crippen molar-refractivity contribution in [3.05, 3.63) is 22.8 Å². The first-order chi connectivity index (χ1) is 9.90. The third-order valence-corrected chi connectivity index (χ3v) is 4.46. The highest BCUT2D eigenvalue weighted by Gasteiger charge is 2.22. The summed E-state index contributed by atoms with van der Waals surface area (Å²) < 4.78 is 0. The number of nitrogens with zero attached hydrogens (tertiary/aromatic N) is 2. The van der Waals surface area contributed by atoms with Crippen molar-refractivity contribution in [3.8, 4) is 0 Å². The molecular formula is C17H28ClN3. The Kier molecular flexibility index (Phi) is 5.50. The molecule has 2 rings (SSSR count). The number of pyridine rings is 1. The number of piperidine rings is 1. The lowest BCUT2D eigenvalue weighted by Crippen LogP contribution is -2.40. The molecule has 1 N–H and O–H groups in total. The Morgan fingerprint density at radius 3 is 2.81 bits per heavy atom. The van der Waals surface area contributed by atoms with Gasteiger partial charge in [-0.15, -0.1) is 0 Å². The molecule has 1 aliphatic rings. The predicted molar refractivity (Wildman–Crippen MR) is 91.1 cm³/mol. The van der Waals surface area contributed by atoms with Crippen LogP contribution in [0.1, 0.15) is 58.9 Å². The highest BCUT2D eigenvalue weighted by molar-refractivity contribution is 6.31. The fourth-order valence-electron chi connectivity index (χ4n) is 2.85. The number of aromatic nitrogens is 1. The minimum absolute atomic E-state index is 0.0871. The van der Waals surface area contributed by atoms with Gasteiger partial charge in [0.15, 0.2) is 0 Å². The molecule has 2 heterocycles. The zero-order valence-electron chi connectivity index (χ0n) is 13.7. The molecule has 1 aliphatic heterocycles. The first kappa shape index (κ1) is 16.6. The van der Waals surface area contributed by atoms with Gasteiger partial charge in [-0.3, -0.25) is 0 Å². The fraction of sp³-hybridized carbons (Fsp3) is 0.706.